The summed E-state index contributed by atoms with van der Waals surface area (Å²) < 4.78 is 1.17. The summed E-state index contributed by atoms with van der Waals surface area (Å²) in [6.07, 6.45) is 6.11. The van der Waals surface area contributed by atoms with Gasteiger partial charge in [-0.2, -0.15) is 0 Å². The van der Waals surface area contributed by atoms with Crippen LogP contribution in [0.3, 0.4) is 0 Å². The van der Waals surface area contributed by atoms with Gasteiger partial charge in [-0.05, 0) is 42.5 Å². The van der Waals surface area contributed by atoms with Crippen molar-refractivity contribution in [1.82, 2.24) is 4.98 Å². The summed E-state index contributed by atoms with van der Waals surface area (Å²) in [4.78, 5) is 6.35. The van der Waals surface area contributed by atoms with Crippen LogP contribution < -0.4 is 10.2 Å². The molecule has 3 nitrogen and oxygen atoms in total. The van der Waals surface area contributed by atoms with E-state index in [1.807, 2.05) is 18.5 Å². The van der Waals surface area contributed by atoms with E-state index in [-0.39, 0.29) is 0 Å². The number of anilines is 2. The molecule has 0 amide bonds. The maximum absolute atomic E-state index is 4.23. The number of nitrogens with one attached hydrogen (secondary N) is 1. The molecule has 110 valence electrons. The van der Waals surface area contributed by atoms with Crippen LogP contribution in [0.4, 0.5) is 11.4 Å². The van der Waals surface area contributed by atoms with E-state index < -0.39 is 0 Å². The fourth-order valence-corrected chi connectivity index (χ4v) is 3.29. The van der Waals surface area contributed by atoms with Crippen molar-refractivity contribution in [3.05, 3.63) is 52.8 Å². The summed E-state index contributed by atoms with van der Waals surface area (Å²) in [5.74, 6) is 0.666. The van der Waals surface area contributed by atoms with Gasteiger partial charge < -0.3 is 10.2 Å². The van der Waals surface area contributed by atoms with Gasteiger partial charge in [0.1, 0.15) is 0 Å². The smallest absolute Gasteiger partial charge is 0.0766 e. The summed E-state index contributed by atoms with van der Waals surface area (Å²) in [5.41, 5.74) is 3.75. The first-order chi connectivity index (χ1) is 10.1. The van der Waals surface area contributed by atoms with Crippen LogP contribution in [0.25, 0.3) is 0 Å². The van der Waals surface area contributed by atoms with Crippen molar-refractivity contribution in [3.8, 4) is 0 Å². The first-order valence-electron chi connectivity index (χ1n) is 7.27. The lowest BCUT2D eigenvalue weighted by Gasteiger charge is -2.37. The first-order valence-corrected chi connectivity index (χ1v) is 8.06. The molecule has 1 saturated carbocycles. The first kappa shape index (κ1) is 14.4. The monoisotopic (exact) mass is 345 g/mol. The van der Waals surface area contributed by atoms with Crippen LogP contribution in [0.2, 0.25) is 0 Å². The second-order valence-corrected chi connectivity index (χ2v) is 6.77. The van der Waals surface area contributed by atoms with E-state index in [1.54, 1.807) is 0 Å². The molecule has 1 aliphatic rings. The lowest BCUT2D eigenvalue weighted by molar-refractivity contribution is 0.374. The van der Waals surface area contributed by atoms with Crippen molar-refractivity contribution in [2.45, 2.75) is 24.8 Å². The van der Waals surface area contributed by atoms with E-state index >= 15 is 0 Å². The second kappa shape index (κ2) is 6.06. The second-order valence-electron chi connectivity index (χ2n) is 5.85. The highest BCUT2D eigenvalue weighted by Gasteiger charge is 2.30. The molecule has 3 rings (SSSR count). The van der Waals surface area contributed by atoms with Crippen LogP contribution in [-0.4, -0.2) is 25.1 Å². The SMILES string of the molecule is CN(C)c1ccncc1NC1CC(c2cccc(Br)c2)C1. The Balaban J connectivity index is 1.63. The molecule has 1 heterocycles. The van der Waals surface area contributed by atoms with Gasteiger partial charge in [0.2, 0.25) is 0 Å². The molecule has 1 N–H and O–H groups in total. The Morgan fingerprint density at radius 1 is 1.24 bits per heavy atom. The average molecular weight is 346 g/mol. The van der Waals surface area contributed by atoms with Crippen molar-refractivity contribution in [2.24, 2.45) is 0 Å². The van der Waals surface area contributed by atoms with Gasteiger partial charge in [0.25, 0.3) is 0 Å². The number of benzene rings is 1. The van der Waals surface area contributed by atoms with Crippen molar-refractivity contribution in [2.75, 3.05) is 24.3 Å². The molecule has 21 heavy (non-hydrogen) atoms. The number of nitrogens with zero attached hydrogens (tertiary/aromatic N) is 2. The Morgan fingerprint density at radius 3 is 2.76 bits per heavy atom. The van der Waals surface area contributed by atoms with Crippen LogP contribution in [0.5, 0.6) is 0 Å². The maximum Gasteiger partial charge on any atom is 0.0766 e. The quantitative estimate of drug-likeness (QED) is 0.896. The van der Waals surface area contributed by atoms with E-state index in [1.165, 1.54) is 28.6 Å². The molecular weight excluding hydrogens is 326 g/mol. The number of halogens is 1. The van der Waals surface area contributed by atoms with Gasteiger partial charge in [0, 0.05) is 30.8 Å². The average Bonchev–Trinajstić information content (AvgIpc) is 2.42. The molecule has 1 aromatic heterocycles. The highest BCUT2D eigenvalue weighted by Crippen LogP contribution is 2.40. The number of hydrogen-bond acceptors (Lipinski definition) is 3. The zero-order valence-corrected chi connectivity index (χ0v) is 14.0. The number of pyridine rings is 1. The number of aromatic nitrogens is 1. The number of rotatable bonds is 4. The Hall–Kier alpha value is -1.55. The zero-order valence-electron chi connectivity index (χ0n) is 12.4. The zero-order chi connectivity index (χ0) is 14.8. The van der Waals surface area contributed by atoms with E-state index in [0.717, 1.165) is 5.69 Å². The van der Waals surface area contributed by atoms with Gasteiger partial charge in [-0.25, -0.2) is 0 Å². The molecule has 2 aromatic rings. The van der Waals surface area contributed by atoms with Crippen molar-refractivity contribution >= 4 is 27.3 Å². The van der Waals surface area contributed by atoms with Crippen molar-refractivity contribution < 1.29 is 0 Å². The van der Waals surface area contributed by atoms with E-state index in [2.05, 4.69) is 69.5 Å². The van der Waals surface area contributed by atoms with Crippen LogP contribution >= 0.6 is 15.9 Å². The third kappa shape index (κ3) is 3.21. The fourth-order valence-electron chi connectivity index (χ4n) is 2.88. The van der Waals surface area contributed by atoms with Gasteiger partial charge in [0.15, 0.2) is 0 Å². The summed E-state index contributed by atoms with van der Waals surface area (Å²) in [6, 6.07) is 11.2. The summed E-state index contributed by atoms with van der Waals surface area (Å²) in [5, 5.41) is 3.63. The lowest BCUT2D eigenvalue weighted by Crippen LogP contribution is -2.34. The molecule has 0 saturated heterocycles. The third-order valence-electron chi connectivity index (χ3n) is 4.10. The normalized spacial score (nSPS) is 20.7. The standard InChI is InChI=1S/C17H20BrN3/c1-21(2)17-6-7-19-11-16(17)20-15-9-13(10-15)12-4-3-5-14(18)8-12/h3-8,11,13,15,20H,9-10H2,1-2H3. The van der Waals surface area contributed by atoms with Gasteiger partial charge in [-0.3, -0.25) is 4.98 Å². The fraction of sp³-hybridized carbons (Fsp3) is 0.353. The van der Waals surface area contributed by atoms with Gasteiger partial charge >= 0.3 is 0 Å². The number of hydrogen-bond donors (Lipinski definition) is 1. The lowest BCUT2D eigenvalue weighted by atomic mass is 9.76. The predicted octanol–water partition coefficient (Wildman–Crippen LogP) is 4.27. The molecule has 0 unspecified atom stereocenters. The third-order valence-corrected chi connectivity index (χ3v) is 4.59. The minimum absolute atomic E-state index is 0.539. The molecule has 4 heteroatoms. The van der Waals surface area contributed by atoms with E-state index in [9.17, 15) is 0 Å². The minimum Gasteiger partial charge on any atom is -0.379 e. The van der Waals surface area contributed by atoms with Crippen LogP contribution in [0.1, 0.15) is 24.3 Å². The Bertz CT molecular complexity index is 621. The Morgan fingerprint density at radius 2 is 2.05 bits per heavy atom. The van der Waals surface area contributed by atoms with Crippen LogP contribution in [-0.2, 0) is 0 Å². The van der Waals surface area contributed by atoms with Crippen molar-refractivity contribution in [3.63, 3.8) is 0 Å². The highest BCUT2D eigenvalue weighted by atomic mass is 79.9. The largest absolute Gasteiger partial charge is 0.379 e. The van der Waals surface area contributed by atoms with Gasteiger partial charge in [-0.15, -0.1) is 0 Å². The molecule has 1 fully saturated rings. The molecule has 0 aliphatic heterocycles. The van der Waals surface area contributed by atoms with Gasteiger partial charge in [0.05, 0.1) is 17.6 Å². The van der Waals surface area contributed by atoms with E-state index in [4.69, 9.17) is 0 Å². The van der Waals surface area contributed by atoms with Crippen LogP contribution in [0, 0.1) is 0 Å². The molecule has 0 bridgehead atoms. The summed E-state index contributed by atoms with van der Waals surface area (Å²) >= 11 is 3.55. The molecule has 0 radical (unpaired) electrons. The topological polar surface area (TPSA) is 28.2 Å². The molecule has 0 spiro atoms. The molecule has 1 aliphatic carbocycles. The highest BCUT2D eigenvalue weighted by molar-refractivity contribution is 9.10. The summed E-state index contributed by atoms with van der Waals surface area (Å²) in [7, 11) is 4.12. The molecule has 0 atom stereocenters. The maximum atomic E-state index is 4.23. The van der Waals surface area contributed by atoms with Gasteiger partial charge in [-0.1, -0.05) is 28.1 Å². The summed E-state index contributed by atoms with van der Waals surface area (Å²) in [6.45, 7) is 0. The molecular formula is C17H20BrN3. The van der Waals surface area contributed by atoms with E-state index in [0.29, 0.717) is 12.0 Å². The van der Waals surface area contributed by atoms with Crippen molar-refractivity contribution in [1.29, 1.82) is 0 Å². The predicted molar refractivity (Wildman–Crippen MR) is 92.1 cm³/mol. The molecule has 1 aromatic carbocycles. The van der Waals surface area contributed by atoms with Crippen LogP contribution in [0.15, 0.2) is 47.2 Å². The minimum atomic E-state index is 0.539. The Labute approximate surface area is 134 Å². The Kier molecular flexibility index (Phi) is 4.15.